The van der Waals surface area contributed by atoms with Crippen molar-refractivity contribution in [2.75, 3.05) is 5.32 Å². The zero-order valence-electron chi connectivity index (χ0n) is 11.1. The van der Waals surface area contributed by atoms with Crippen LogP contribution in [0.5, 0.6) is 0 Å². The van der Waals surface area contributed by atoms with Crippen molar-refractivity contribution in [2.45, 2.75) is 19.8 Å². The zero-order valence-corrected chi connectivity index (χ0v) is 11.1. The number of nitrogens with zero attached hydrogens (tertiary/aromatic N) is 1. The van der Waals surface area contributed by atoms with Crippen LogP contribution in [0, 0.1) is 5.92 Å². The van der Waals surface area contributed by atoms with Gasteiger partial charge in [0.2, 0.25) is 5.91 Å². The number of fused-ring (bicyclic) bond motifs is 1. The summed E-state index contributed by atoms with van der Waals surface area (Å²) in [6, 6.07) is 9.64. The molecule has 0 saturated carbocycles. The van der Waals surface area contributed by atoms with Crippen molar-refractivity contribution < 1.29 is 4.79 Å². The van der Waals surface area contributed by atoms with Crippen LogP contribution in [0.1, 0.15) is 19.8 Å². The molecule has 1 amide bonds. The molecule has 0 radical (unpaired) electrons. The van der Waals surface area contributed by atoms with Gasteiger partial charge in [0.05, 0.1) is 17.1 Å². The number of anilines is 1. The van der Waals surface area contributed by atoms with Gasteiger partial charge >= 0.3 is 0 Å². The Morgan fingerprint density at radius 1 is 1.42 bits per heavy atom. The van der Waals surface area contributed by atoms with E-state index in [0.717, 1.165) is 29.4 Å². The third-order valence-electron chi connectivity index (χ3n) is 3.11. The lowest BCUT2D eigenvalue weighted by atomic mass is 10.0. The van der Waals surface area contributed by atoms with E-state index in [1.165, 1.54) is 0 Å². The summed E-state index contributed by atoms with van der Waals surface area (Å²) >= 11 is 0. The van der Waals surface area contributed by atoms with Crippen molar-refractivity contribution in [3.63, 3.8) is 0 Å². The van der Waals surface area contributed by atoms with Crippen LogP contribution in [0.15, 0.2) is 49.2 Å². The van der Waals surface area contributed by atoms with E-state index in [-0.39, 0.29) is 11.8 Å². The third-order valence-corrected chi connectivity index (χ3v) is 3.11. The van der Waals surface area contributed by atoms with Gasteiger partial charge in [0, 0.05) is 11.6 Å². The number of carbonyl (C=O) groups excluding carboxylic acids is 1. The molecule has 0 aliphatic rings. The molecule has 1 N–H and O–H groups in total. The molecule has 0 bridgehead atoms. The van der Waals surface area contributed by atoms with E-state index in [1.54, 1.807) is 12.3 Å². The van der Waals surface area contributed by atoms with Crippen molar-refractivity contribution in [3.8, 4) is 0 Å². The summed E-state index contributed by atoms with van der Waals surface area (Å²) in [5.74, 6) is -0.168. The predicted molar refractivity (Wildman–Crippen MR) is 79.0 cm³/mol. The second-order valence-corrected chi connectivity index (χ2v) is 4.50. The third kappa shape index (κ3) is 2.99. The minimum Gasteiger partial charge on any atom is -0.324 e. The number of benzene rings is 1. The van der Waals surface area contributed by atoms with Gasteiger partial charge in [-0.2, -0.15) is 0 Å². The minimum atomic E-state index is -0.149. The van der Waals surface area contributed by atoms with Gasteiger partial charge < -0.3 is 5.32 Å². The number of pyridine rings is 1. The molecule has 0 spiro atoms. The number of nitrogens with one attached hydrogen (secondary N) is 1. The lowest BCUT2D eigenvalue weighted by Gasteiger charge is -2.13. The van der Waals surface area contributed by atoms with Gasteiger partial charge in [-0.3, -0.25) is 9.78 Å². The van der Waals surface area contributed by atoms with Gasteiger partial charge in [0.25, 0.3) is 0 Å². The summed E-state index contributed by atoms with van der Waals surface area (Å²) in [5.41, 5.74) is 1.57. The smallest absolute Gasteiger partial charge is 0.231 e. The standard InChI is InChI=1S/C16H18N2O/c1-3-7-12(4-2)16(19)18-14-10-5-8-13-9-6-11-17-15(13)14/h4-6,8-12H,2-3,7H2,1H3,(H,18,19). The Morgan fingerprint density at radius 3 is 2.95 bits per heavy atom. The molecule has 1 aromatic carbocycles. The monoisotopic (exact) mass is 254 g/mol. The Hall–Kier alpha value is -2.16. The number of rotatable bonds is 5. The average molecular weight is 254 g/mol. The first-order valence-electron chi connectivity index (χ1n) is 6.53. The van der Waals surface area contributed by atoms with Crippen LogP contribution in [-0.4, -0.2) is 10.9 Å². The van der Waals surface area contributed by atoms with E-state index in [2.05, 4.69) is 23.8 Å². The Morgan fingerprint density at radius 2 is 2.21 bits per heavy atom. The summed E-state index contributed by atoms with van der Waals surface area (Å²) in [6.45, 7) is 5.79. The van der Waals surface area contributed by atoms with Crippen molar-refractivity contribution in [1.29, 1.82) is 0 Å². The van der Waals surface area contributed by atoms with E-state index in [1.807, 2.05) is 30.3 Å². The van der Waals surface area contributed by atoms with Crippen molar-refractivity contribution in [1.82, 2.24) is 4.98 Å². The zero-order chi connectivity index (χ0) is 13.7. The minimum absolute atomic E-state index is 0.0185. The summed E-state index contributed by atoms with van der Waals surface area (Å²) in [5, 5.41) is 3.97. The number of carbonyl (C=O) groups is 1. The molecule has 0 fully saturated rings. The Labute approximate surface area is 113 Å². The maximum absolute atomic E-state index is 12.2. The molecule has 1 aromatic heterocycles. The highest BCUT2D eigenvalue weighted by molar-refractivity contribution is 6.01. The molecule has 19 heavy (non-hydrogen) atoms. The normalized spacial score (nSPS) is 12.1. The molecular formula is C16H18N2O. The molecule has 1 unspecified atom stereocenters. The molecule has 1 atom stereocenters. The fraction of sp³-hybridized carbons (Fsp3) is 0.250. The Bertz CT molecular complexity index is 587. The lowest BCUT2D eigenvalue weighted by molar-refractivity contribution is -0.118. The van der Waals surface area contributed by atoms with Crippen LogP contribution >= 0.6 is 0 Å². The number of amides is 1. The van der Waals surface area contributed by atoms with Crippen molar-refractivity contribution in [3.05, 3.63) is 49.2 Å². The van der Waals surface area contributed by atoms with Crippen molar-refractivity contribution in [2.24, 2.45) is 5.92 Å². The molecule has 3 heteroatoms. The number of hydrogen-bond donors (Lipinski definition) is 1. The number of aromatic nitrogens is 1. The number of hydrogen-bond acceptors (Lipinski definition) is 2. The van der Waals surface area contributed by atoms with Gasteiger partial charge in [-0.25, -0.2) is 0 Å². The molecule has 2 rings (SSSR count). The molecular weight excluding hydrogens is 236 g/mol. The lowest BCUT2D eigenvalue weighted by Crippen LogP contribution is -2.21. The van der Waals surface area contributed by atoms with E-state index in [9.17, 15) is 4.79 Å². The maximum Gasteiger partial charge on any atom is 0.231 e. The fourth-order valence-electron chi connectivity index (χ4n) is 2.10. The van der Waals surface area contributed by atoms with Crippen LogP contribution in [-0.2, 0) is 4.79 Å². The van der Waals surface area contributed by atoms with Crippen LogP contribution in [0.25, 0.3) is 10.9 Å². The highest BCUT2D eigenvalue weighted by Crippen LogP contribution is 2.22. The summed E-state index contributed by atoms with van der Waals surface area (Å²) in [6.07, 6.45) is 5.21. The summed E-state index contributed by atoms with van der Waals surface area (Å²) < 4.78 is 0. The van der Waals surface area contributed by atoms with E-state index in [0.29, 0.717) is 0 Å². The molecule has 2 aromatic rings. The van der Waals surface area contributed by atoms with Crippen LogP contribution < -0.4 is 5.32 Å². The van der Waals surface area contributed by atoms with Crippen molar-refractivity contribution >= 4 is 22.5 Å². The average Bonchev–Trinajstić information content (AvgIpc) is 2.45. The first-order valence-corrected chi connectivity index (χ1v) is 6.53. The molecule has 1 heterocycles. The van der Waals surface area contributed by atoms with E-state index >= 15 is 0 Å². The molecule has 0 saturated heterocycles. The van der Waals surface area contributed by atoms with Gasteiger partial charge in [-0.15, -0.1) is 6.58 Å². The van der Waals surface area contributed by atoms with Gasteiger partial charge in [-0.05, 0) is 18.6 Å². The fourth-order valence-corrected chi connectivity index (χ4v) is 2.10. The Balaban J connectivity index is 2.26. The Kier molecular flexibility index (Phi) is 4.29. The largest absolute Gasteiger partial charge is 0.324 e. The molecule has 98 valence electrons. The van der Waals surface area contributed by atoms with Gasteiger partial charge in [0.15, 0.2) is 0 Å². The SMILES string of the molecule is C=CC(CCC)C(=O)Nc1cccc2cccnc12. The van der Waals surface area contributed by atoms with Gasteiger partial charge in [0.1, 0.15) is 0 Å². The predicted octanol–water partition coefficient (Wildman–Crippen LogP) is 3.78. The topological polar surface area (TPSA) is 42.0 Å². The second-order valence-electron chi connectivity index (χ2n) is 4.50. The quantitative estimate of drug-likeness (QED) is 0.825. The molecule has 0 aliphatic heterocycles. The molecule has 0 aliphatic carbocycles. The van der Waals surface area contributed by atoms with Crippen LogP contribution in [0.4, 0.5) is 5.69 Å². The maximum atomic E-state index is 12.2. The van der Waals surface area contributed by atoms with E-state index < -0.39 is 0 Å². The first-order chi connectivity index (χ1) is 9.26. The highest BCUT2D eigenvalue weighted by Gasteiger charge is 2.14. The summed E-state index contributed by atoms with van der Waals surface area (Å²) in [4.78, 5) is 16.5. The van der Waals surface area contributed by atoms with Crippen LogP contribution in [0.2, 0.25) is 0 Å². The van der Waals surface area contributed by atoms with Crippen LogP contribution in [0.3, 0.4) is 0 Å². The summed E-state index contributed by atoms with van der Waals surface area (Å²) in [7, 11) is 0. The molecule has 3 nitrogen and oxygen atoms in total. The first kappa shape index (κ1) is 13.3. The van der Waals surface area contributed by atoms with E-state index in [4.69, 9.17) is 0 Å². The highest BCUT2D eigenvalue weighted by atomic mass is 16.1. The van der Waals surface area contributed by atoms with Gasteiger partial charge in [-0.1, -0.05) is 37.6 Å². The number of para-hydroxylation sites is 1. The second kappa shape index (κ2) is 6.14.